The number of carbonyl (C=O) groups is 1. The fourth-order valence-corrected chi connectivity index (χ4v) is 3.26. The minimum Gasteiger partial charge on any atom is -0.497 e. The summed E-state index contributed by atoms with van der Waals surface area (Å²) in [5.41, 5.74) is 2.63. The first kappa shape index (κ1) is 20.1. The first-order valence-corrected chi connectivity index (χ1v) is 9.25. The third-order valence-corrected chi connectivity index (χ3v) is 4.74. The monoisotopic (exact) mass is 386 g/mol. The quantitative estimate of drug-likeness (QED) is 0.680. The van der Waals surface area contributed by atoms with E-state index in [9.17, 15) is 15.0 Å². The average Bonchev–Trinajstić information content (AvgIpc) is 3.10. The minimum atomic E-state index is -0.597. The van der Waals surface area contributed by atoms with E-state index in [2.05, 4.69) is 5.32 Å². The number of aliphatic hydroxyl groups is 2. The Morgan fingerprint density at radius 3 is 2.64 bits per heavy atom. The number of urea groups is 1. The predicted octanol–water partition coefficient (Wildman–Crippen LogP) is 2.37. The molecule has 1 fully saturated rings. The van der Waals surface area contributed by atoms with Crippen LogP contribution in [0.4, 0.5) is 10.5 Å². The van der Waals surface area contributed by atoms with Gasteiger partial charge in [0.2, 0.25) is 0 Å². The number of β-amino-alcohol motifs (C(OH)–C–C–N with tert-alkyl or cyclic N) is 1. The molecule has 2 atom stereocenters. The maximum absolute atomic E-state index is 12.4. The molecule has 0 saturated carbocycles. The van der Waals surface area contributed by atoms with E-state index in [1.54, 1.807) is 13.2 Å². The number of nitrogens with one attached hydrogen (secondary N) is 1. The molecule has 1 heterocycles. The fourth-order valence-electron chi connectivity index (χ4n) is 3.26. The number of aliphatic hydroxyl groups excluding tert-OH is 2. The lowest BCUT2D eigenvalue weighted by molar-refractivity contribution is 0.107. The molecule has 3 rings (SSSR count). The van der Waals surface area contributed by atoms with Gasteiger partial charge in [-0.15, -0.1) is 0 Å². The van der Waals surface area contributed by atoms with E-state index in [0.717, 1.165) is 16.9 Å². The molecule has 0 aromatic heterocycles. The van der Waals surface area contributed by atoms with E-state index in [0.29, 0.717) is 25.3 Å². The zero-order valence-corrected chi connectivity index (χ0v) is 15.9. The molecule has 0 radical (unpaired) electrons. The summed E-state index contributed by atoms with van der Waals surface area (Å²) in [5.74, 6) is 0.807. The van der Waals surface area contributed by atoms with Crippen molar-refractivity contribution in [1.29, 1.82) is 0 Å². The summed E-state index contributed by atoms with van der Waals surface area (Å²) in [7, 11) is 1.63. The van der Waals surface area contributed by atoms with Gasteiger partial charge in [0.1, 0.15) is 5.75 Å². The Labute approximate surface area is 164 Å². The molecule has 0 aliphatic carbocycles. The molecule has 0 unspecified atom stereocenters. The second-order valence-electron chi connectivity index (χ2n) is 6.85. The lowest BCUT2D eigenvalue weighted by atomic mass is 10.2. The van der Waals surface area contributed by atoms with Gasteiger partial charge in [-0.05, 0) is 41.8 Å². The third kappa shape index (κ3) is 5.22. The lowest BCUT2D eigenvalue weighted by Gasteiger charge is -2.23. The standard InChI is InChI=1S/C21H26N2O5/c1-27-20-7-5-15(6-8-20)13-28-14-16-3-2-4-17(9-16)22-21(26)23-11-19(25)10-18(23)12-24/h2-9,18-19,24-25H,10-14H2,1H3,(H,22,26)/t18-,19-/m1/s1. The van der Waals surface area contributed by atoms with Gasteiger partial charge in [-0.1, -0.05) is 24.3 Å². The lowest BCUT2D eigenvalue weighted by Crippen LogP contribution is -2.40. The number of hydrogen-bond donors (Lipinski definition) is 3. The maximum atomic E-state index is 12.4. The van der Waals surface area contributed by atoms with Crippen LogP contribution in [0, 0.1) is 0 Å². The van der Waals surface area contributed by atoms with Crippen LogP contribution in [0.3, 0.4) is 0 Å². The van der Waals surface area contributed by atoms with Crippen LogP contribution in [0.5, 0.6) is 5.75 Å². The second kappa shape index (κ2) is 9.54. The summed E-state index contributed by atoms with van der Waals surface area (Å²) in [5, 5.41) is 21.9. The molecule has 1 aliphatic rings. The van der Waals surface area contributed by atoms with Crippen LogP contribution in [0.25, 0.3) is 0 Å². The minimum absolute atomic E-state index is 0.163. The number of ether oxygens (including phenoxy) is 2. The number of anilines is 1. The molecule has 1 saturated heterocycles. The first-order valence-electron chi connectivity index (χ1n) is 9.25. The van der Waals surface area contributed by atoms with Gasteiger partial charge in [0.15, 0.2) is 0 Å². The van der Waals surface area contributed by atoms with Gasteiger partial charge in [-0.25, -0.2) is 4.79 Å². The number of nitrogens with zero attached hydrogens (tertiary/aromatic N) is 1. The molecule has 7 nitrogen and oxygen atoms in total. The van der Waals surface area contributed by atoms with Crippen LogP contribution < -0.4 is 10.1 Å². The highest BCUT2D eigenvalue weighted by Crippen LogP contribution is 2.20. The summed E-state index contributed by atoms with van der Waals surface area (Å²) in [4.78, 5) is 13.9. The average molecular weight is 386 g/mol. The number of carbonyl (C=O) groups excluding carboxylic acids is 1. The van der Waals surface area contributed by atoms with Crippen LogP contribution in [-0.2, 0) is 18.0 Å². The van der Waals surface area contributed by atoms with Crippen molar-refractivity contribution in [2.45, 2.75) is 31.8 Å². The van der Waals surface area contributed by atoms with Crippen molar-refractivity contribution in [1.82, 2.24) is 4.90 Å². The molecule has 28 heavy (non-hydrogen) atoms. The van der Waals surface area contributed by atoms with E-state index >= 15 is 0 Å². The van der Waals surface area contributed by atoms with E-state index in [1.807, 2.05) is 42.5 Å². The fraction of sp³-hybridized carbons (Fsp3) is 0.381. The summed E-state index contributed by atoms with van der Waals surface area (Å²) >= 11 is 0. The molecule has 3 N–H and O–H groups in total. The maximum Gasteiger partial charge on any atom is 0.322 e. The van der Waals surface area contributed by atoms with Crippen molar-refractivity contribution >= 4 is 11.7 Å². The van der Waals surface area contributed by atoms with Crippen molar-refractivity contribution in [3.8, 4) is 5.75 Å². The molecule has 150 valence electrons. The van der Waals surface area contributed by atoms with E-state index in [1.165, 1.54) is 4.90 Å². The van der Waals surface area contributed by atoms with Crippen molar-refractivity contribution in [2.24, 2.45) is 0 Å². The van der Waals surface area contributed by atoms with Crippen LogP contribution in [0.1, 0.15) is 17.5 Å². The number of amides is 2. The summed E-state index contributed by atoms with van der Waals surface area (Å²) in [6, 6.07) is 14.4. The van der Waals surface area contributed by atoms with E-state index in [-0.39, 0.29) is 25.2 Å². The Morgan fingerprint density at radius 1 is 1.18 bits per heavy atom. The van der Waals surface area contributed by atoms with Crippen molar-refractivity contribution in [3.05, 3.63) is 59.7 Å². The first-order chi connectivity index (χ1) is 13.6. The largest absolute Gasteiger partial charge is 0.497 e. The van der Waals surface area contributed by atoms with Gasteiger partial charge in [0.05, 0.1) is 39.1 Å². The highest BCUT2D eigenvalue weighted by atomic mass is 16.5. The molecular weight excluding hydrogens is 360 g/mol. The number of hydrogen-bond acceptors (Lipinski definition) is 5. The van der Waals surface area contributed by atoms with E-state index in [4.69, 9.17) is 9.47 Å². The number of likely N-dealkylation sites (tertiary alicyclic amines) is 1. The number of rotatable bonds is 7. The summed E-state index contributed by atoms with van der Waals surface area (Å²) < 4.78 is 10.9. The van der Waals surface area contributed by atoms with Crippen molar-refractivity contribution in [3.63, 3.8) is 0 Å². The van der Waals surface area contributed by atoms with Crippen LogP contribution in [-0.4, -0.2) is 53.6 Å². The molecule has 1 aliphatic heterocycles. The van der Waals surface area contributed by atoms with Crippen LogP contribution >= 0.6 is 0 Å². The Morgan fingerprint density at radius 2 is 1.93 bits per heavy atom. The van der Waals surface area contributed by atoms with Gasteiger partial charge in [-0.2, -0.15) is 0 Å². The molecule has 0 bridgehead atoms. The molecule has 2 amide bonds. The molecule has 2 aromatic rings. The van der Waals surface area contributed by atoms with Gasteiger partial charge < -0.3 is 29.9 Å². The van der Waals surface area contributed by atoms with Gasteiger partial charge in [-0.3, -0.25) is 0 Å². The van der Waals surface area contributed by atoms with E-state index < -0.39 is 6.10 Å². The van der Waals surface area contributed by atoms with Gasteiger partial charge in [0, 0.05) is 12.2 Å². The summed E-state index contributed by atoms with van der Waals surface area (Å²) in [6.45, 7) is 0.952. The van der Waals surface area contributed by atoms with Crippen LogP contribution in [0.15, 0.2) is 48.5 Å². The molecule has 2 aromatic carbocycles. The molecule has 7 heteroatoms. The van der Waals surface area contributed by atoms with Gasteiger partial charge in [0.25, 0.3) is 0 Å². The normalized spacial score (nSPS) is 18.9. The summed E-state index contributed by atoms with van der Waals surface area (Å²) in [6.07, 6.45) is -0.205. The highest BCUT2D eigenvalue weighted by Gasteiger charge is 2.33. The van der Waals surface area contributed by atoms with Crippen molar-refractivity contribution in [2.75, 3.05) is 25.6 Å². The Kier molecular flexibility index (Phi) is 6.86. The Bertz CT molecular complexity index is 781. The SMILES string of the molecule is COc1ccc(COCc2cccc(NC(=O)N3C[C@H](O)C[C@@H]3CO)c2)cc1. The van der Waals surface area contributed by atoms with Crippen molar-refractivity contribution < 1.29 is 24.5 Å². The number of benzene rings is 2. The Hall–Kier alpha value is -2.61. The molecule has 0 spiro atoms. The smallest absolute Gasteiger partial charge is 0.322 e. The zero-order chi connectivity index (χ0) is 19.9. The highest BCUT2D eigenvalue weighted by molar-refractivity contribution is 5.89. The van der Waals surface area contributed by atoms with Crippen LogP contribution in [0.2, 0.25) is 0 Å². The zero-order valence-electron chi connectivity index (χ0n) is 15.9. The third-order valence-electron chi connectivity index (χ3n) is 4.74. The number of methoxy groups -OCH3 is 1. The Balaban J connectivity index is 1.52. The topological polar surface area (TPSA) is 91.3 Å². The second-order valence-corrected chi connectivity index (χ2v) is 6.85. The van der Waals surface area contributed by atoms with Gasteiger partial charge >= 0.3 is 6.03 Å². The predicted molar refractivity (Wildman–Crippen MR) is 105 cm³/mol. The molecular formula is C21H26N2O5.